The largest absolute Gasteiger partial charge is 0.395 e. The number of hydrogen-bond donors (Lipinski definition) is 1. The first-order chi connectivity index (χ1) is 14.9. The number of nitrogens with zero attached hydrogens (tertiary/aromatic N) is 5. The Morgan fingerprint density at radius 1 is 1.12 bits per heavy atom. The number of aromatic nitrogens is 5. The molecule has 0 radical (unpaired) electrons. The van der Waals surface area contributed by atoms with E-state index in [0.29, 0.717) is 27.7 Å². The molecule has 32 heavy (non-hydrogen) atoms. The van der Waals surface area contributed by atoms with E-state index >= 15 is 0 Å². The molecule has 170 valence electrons. The van der Waals surface area contributed by atoms with E-state index in [1.807, 2.05) is 31.4 Å². The van der Waals surface area contributed by atoms with Crippen LogP contribution >= 0.6 is 0 Å². The van der Waals surface area contributed by atoms with E-state index in [1.165, 1.54) is 16.8 Å². The average Bonchev–Trinajstić information content (AvgIpc) is 3.25. The summed E-state index contributed by atoms with van der Waals surface area (Å²) in [5, 5.41) is 6.91. The van der Waals surface area contributed by atoms with Gasteiger partial charge in [0.2, 0.25) is 5.95 Å². The minimum atomic E-state index is -4.35. The highest BCUT2D eigenvalue weighted by molar-refractivity contribution is 5.88. The topological polar surface area (TPSA) is 60.0 Å². The Morgan fingerprint density at radius 3 is 2.50 bits per heavy atom. The molecule has 0 unspecified atom stereocenters. The van der Waals surface area contributed by atoms with E-state index in [0.717, 1.165) is 19.7 Å². The third-order valence-corrected chi connectivity index (χ3v) is 5.63. The summed E-state index contributed by atoms with van der Waals surface area (Å²) in [5.74, 6) is 0.383. The fourth-order valence-electron chi connectivity index (χ4n) is 3.70. The average molecular weight is 448 g/mol. The van der Waals surface area contributed by atoms with Crippen LogP contribution in [0.5, 0.6) is 0 Å². The van der Waals surface area contributed by atoms with Gasteiger partial charge in [0.25, 0.3) is 0 Å². The van der Waals surface area contributed by atoms with Gasteiger partial charge in [0.05, 0.1) is 22.6 Å². The monoisotopic (exact) mass is 448 g/mol. The Labute approximate surface area is 182 Å². The maximum atomic E-state index is 14.9. The molecule has 0 aliphatic carbocycles. The number of halogens is 4. The van der Waals surface area contributed by atoms with Crippen molar-refractivity contribution in [3.8, 4) is 11.1 Å². The molecular formula is C22H24F4N6. The molecule has 0 saturated carbocycles. The van der Waals surface area contributed by atoms with Crippen molar-refractivity contribution in [2.75, 3.05) is 11.9 Å². The summed E-state index contributed by atoms with van der Waals surface area (Å²) in [4.78, 5) is 8.52. The zero-order valence-electron chi connectivity index (χ0n) is 18.4. The number of rotatable bonds is 5. The van der Waals surface area contributed by atoms with E-state index in [9.17, 15) is 17.6 Å². The molecule has 3 heterocycles. The molecule has 0 fully saturated rings. The fraction of sp³-hybridized carbons (Fsp3) is 0.409. The van der Waals surface area contributed by atoms with Gasteiger partial charge < -0.3 is 9.88 Å². The van der Waals surface area contributed by atoms with Gasteiger partial charge in [-0.3, -0.25) is 0 Å². The first-order valence-corrected chi connectivity index (χ1v) is 10.2. The van der Waals surface area contributed by atoms with Gasteiger partial charge in [-0.05, 0) is 58.4 Å². The van der Waals surface area contributed by atoms with Crippen LogP contribution in [0.4, 0.5) is 23.5 Å². The normalized spacial score (nSPS) is 12.9. The molecular weight excluding hydrogens is 424 g/mol. The first kappa shape index (κ1) is 22.0. The van der Waals surface area contributed by atoms with E-state index < -0.39 is 17.4 Å². The molecule has 4 aromatic rings. The van der Waals surface area contributed by atoms with E-state index in [2.05, 4.69) is 20.4 Å². The number of nitrogens with one attached hydrogen (secondary N) is 1. The van der Waals surface area contributed by atoms with Crippen LogP contribution in [-0.2, 0) is 0 Å². The number of alkyl halides is 3. The molecule has 1 N–H and O–H groups in total. The van der Waals surface area contributed by atoms with Gasteiger partial charge in [0, 0.05) is 24.3 Å². The van der Waals surface area contributed by atoms with Crippen molar-refractivity contribution >= 4 is 22.5 Å². The molecule has 0 saturated heterocycles. The lowest BCUT2D eigenvalue weighted by Crippen LogP contribution is -2.38. The van der Waals surface area contributed by atoms with Crippen molar-refractivity contribution < 1.29 is 17.6 Å². The van der Waals surface area contributed by atoms with Crippen molar-refractivity contribution in [3.63, 3.8) is 0 Å². The third-order valence-electron chi connectivity index (χ3n) is 5.63. The van der Waals surface area contributed by atoms with E-state index in [4.69, 9.17) is 0 Å². The smallest absolute Gasteiger partial charge is 0.352 e. The van der Waals surface area contributed by atoms with Gasteiger partial charge in [0.1, 0.15) is 11.3 Å². The summed E-state index contributed by atoms with van der Waals surface area (Å²) in [5.41, 5.74) is 1.04. The van der Waals surface area contributed by atoms with Crippen molar-refractivity contribution in [2.45, 2.75) is 46.8 Å². The van der Waals surface area contributed by atoms with Crippen LogP contribution in [0.2, 0.25) is 0 Å². The predicted molar refractivity (Wildman–Crippen MR) is 115 cm³/mol. The summed E-state index contributed by atoms with van der Waals surface area (Å²) in [6.07, 6.45) is -1.17. The Hall–Kier alpha value is -3.17. The molecule has 0 aliphatic heterocycles. The van der Waals surface area contributed by atoms with Gasteiger partial charge >= 0.3 is 6.18 Å². The maximum absolute atomic E-state index is 14.9. The highest BCUT2D eigenvalue weighted by Crippen LogP contribution is 2.37. The van der Waals surface area contributed by atoms with E-state index in [1.54, 1.807) is 12.3 Å². The van der Waals surface area contributed by atoms with Gasteiger partial charge in [-0.1, -0.05) is 0 Å². The van der Waals surface area contributed by atoms with Gasteiger partial charge in [-0.2, -0.15) is 13.2 Å². The molecule has 0 bridgehead atoms. The van der Waals surface area contributed by atoms with Gasteiger partial charge in [0.15, 0.2) is 5.82 Å². The highest BCUT2D eigenvalue weighted by atomic mass is 19.4. The summed E-state index contributed by atoms with van der Waals surface area (Å²) < 4.78 is 57.6. The number of aryl methyl sites for hydroxylation is 1. The summed E-state index contributed by atoms with van der Waals surface area (Å²) in [6, 6.07) is 5.19. The van der Waals surface area contributed by atoms with Gasteiger partial charge in [-0.15, -0.1) is 5.10 Å². The standard InChI is InChI=1S/C22H24F4N6/c1-12(2)32-13(3)29-19-16(23)8-14(9-17(19)32)15-6-7-31-18(15)10-27-20(30-31)28-11-21(4,5)22(24,25)26/h6-10,12H,11H2,1-5H3,(H,28,30). The molecule has 3 aromatic heterocycles. The quantitative estimate of drug-likeness (QED) is 0.394. The molecule has 0 aliphatic rings. The second-order valence-corrected chi connectivity index (χ2v) is 8.82. The van der Waals surface area contributed by atoms with Crippen LogP contribution in [0, 0.1) is 18.2 Å². The molecule has 0 atom stereocenters. The van der Waals surface area contributed by atoms with Crippen molar-refractivity contribution in [3.05, 3.63) is 42.2 Å². The molecule has 10 heteroatoms. The van der Waals surface area contributed by atoms with Crippen LogP contribution in [0.15, 0.2) is 30.6 Å². The molecule has 6 nitrogen and oxygen atoms in total. The number of anilines is 1. The fourth-order valence-corrected chi connectivity index (χ4v) is 3.70. The second kappa shape index (κ2) is 7.46. The Kier molecular flexibility index (Phi) is 5.14. The van der Waals surface area contributed by atoms with Crippen LogP contribution in [0.3, 0.4) is 0 Å². The zero-order valence-corrected chi connectivity index (χ0v) is 18.4. The number of imidazole rings is 1. The number of fused-ring (bicyclic) bond motifs is 2. The number of benzene rings is 1. The Bertz CT molecular complexity index is 1300. The van der Waals surface area contributed by atoms with Crippen molar-refractivity contribution in [2.24, 2.45) is 5.41 Å². The highest BCUT2D eigenvalue weighted by Gasteiger charge is 2.47. The molecule has 4 rings (SSSR count). The summed E-state index contributed by atoms with van der Waals surface area (Å²) in [6.45, 7) is 7.72. The zero-order chi connectivity index (χ0) is 23.4. The lowest BCUT2D eigenvalue weighted by Gasteiger charge is -2.27. The predicted octanol–water partition coefficient (Wildman–Crippen LogP) is 5.77. The molecule has 0 amide bonds. The lowest BCUT2D eigenvalue weighted by molar-refractivity contribution is -0.206. The molecule has 1 aromatic carbocycles. The first-order valence-electron chi connectivity index (χ1n) is 10.2. The van der Waals surface area contributed by atoms with Gasteiger partial charge in [-0.25, -0.2) is 18.9 Å². The van der Waals surface area contributed by atoms with Crippen molar-refractivity contribution in [1.29, 1.82) is 0 Å². The van der Waals surface area contributed by atoms with Crippen LogP contribution < -0.4 is 5.32 Å². The summed E-state index contributed by atoms with van der Waals surface area (Å²) in [7, 11) is 0. The summed E-state index contributed by atoms with van der Waals surface area (Å²) >= 11 is 0. The van der Waals surface area contributed by atoms with Crippen LogP contribution in [0.25, 0.3) is 27.7 Å². The number of hydrogen-bond acceptors (Lipinski definition) is 4. The minimum Gasteiger partial charge on any atom is -0.352 e. The second-order valence-electron chi connectivity index (χ2n) is 8.82. The Morgan fingerprint density at radius 2 is 1.84 bits per heavy atom. The third kappa shape index (κ3) is 3.67. The van der Waals surface area contributed by atoms with Crippen molar-refractivity contribution in [1.82, 2.24) is 24.1 Å². The Balaban J connectivity index is 1.71. The van der Waals surface area contributed by atoms with Crippen LogP contribution in [-0.4, -0.2) is 36.9 Å². The maximum Gasteiger partial charge on any atom is 0.395 e. The lowest BCUT2D eigenvalue weighted by atomic mass is 9.93. The van der Waals surface area contributed by atoms with Crippen LogP contribution in [0.1, 0.15) is 39.6 Å². The van der Waals surface area contributed by atoms with E-state index in [-0.39, 0.29) is 18.5 Å². The SMILES string of the molecule is Cc1nc2c(F)cc(-c3ccn4nc(NCC(C)(C)C(F)(F)F)ncc34)cc2n1C(C)C. The minimum absolute atomic E-state index is 0.0760. The molecule has 0 spiro atoms.